The third-order valence-electron chi connectivity index (χ3n) is 5.88. The zero-order chi connectivity index (χ0) is 18.7. The van der Waals surface area contributed by atoms with Crippen LogP contribution in [0, 0.1) is 12.3 Å². The maximum absolute atomic E-state index is 13.0. The Labute approximate surface area is 154 Å². The molecule has 3 rings (SSSR count). The lowest BCUT2D eigenvalue weighted by Crippen LogP contribution is -2.52. The Kier molecular flexibility index (Phi) is 5.51. The average Bonchev–Trinajstić information content (AvgIpc) is 2.65. The lowest BCUT2D eigenvalue weighted by atomic mass is 9.72. The van der Waals surface area contributed by atoms with Crippen LogP contribution in [0.1, 0.15) is 41.6 Å². The first-order chi connectivity index (χ1) is 12.5. The summed E-state index contributed by atoms with van der Waals surface area (Å²) in [7, 11) is 1.60. The third kappa shape index (κ3) is 3.56. The van der Waals surface area contributed by atoms with Gasteiger partial charge in [-0.2, -0.15) is 0 Å². The van der Waals surface area contributed by atoms with Gasteiger partial charge in [0.1, 0.15) is 5.75 Å². The molecule has 0 aliphatic carbocycles. The number of piperidine rings is 2. The van der Waals surface area contributed by atoms with Gasteiger partial charge in [0.15, 0.2) is 0 Å². The maximum atomic E-state index is 13.0. The molecule has 26 heavy (non-hydrogen) atoms. The van der Waals surface area contributed by atoms with E-state index in [2.05, 4.69) is 0 Å². The van der Waals surface area contributed by atoms with Crippen LogP contribution in [-0.4, -0.2) is 66.6 Å². The molecular formula is C20H28N2O4. The first-order valence-corrected chi connectivity index (χ1v) is 9.31. The molecule has 0 bridgehead atoms. The summed E-state index contributed by atoms with van der Waals surface area (Å²) in [5.41, 5.74) is 1.65. The standard InChI is InChI=1S/C20H28N2O4/c1-15-4-3-5-16(18(15)26-2)19(25)21-10-8-20(9-11-21)7-6-17(24)22(14-20)12-13-23/h3-5,23H,6-14H2,1-2H3. The van der Waals surface area contributed by atoms with Gasteiger partial charge in [-0.3, -0.25) is 9.59 Å². The van der Waals surface area contributed by atoms with Crippen LogP contribution in [0.25, 0.3) is 0 Å². The van der Waals surface area contributed by atoms with Crippen LogP contribution in [0.4, 0.5) is 0 Å². The highest BCUT2D eigenvalue weighted by molar-refractivity contribution is 5.97. The largest absolute Gasteiger partial charge is 0.496 e. The third-order valence-corrected chi connectivity index (χ3v) is 5.88. The first-order valence-electron chi connectivity index (χ1n) is 9.31. The molecule has 2 saturated heterocycles. The molecule has 0 atom stereocenters. The number of β-amino-alcohol motifs (C(OH)–C–C–N with tert-alkyl or cyclic N) is 1. The van der Waals surface area contributed by atoms with Crippen molar-refractivity contribution in [1.29, 1.82) is 0 Å². The van der Waals surface area contributed by atoms with Crippen molar-refractivity contribution in [2.45, 2.75) is 32.6 Å². The molecule has 1 aromatic rings. The molecule has 0 saturated carbocycles. The smallest absolute Gasteiger partial charge is 0.257 e. The van der Waals surface area contributed by atoms with Crippen LogP contribution < -0.4 is 4.74 Å². The molecule has 1 aromatic carbocycles. The van der Waals surface area contributed by atoms with Crippen molar-refractivity contribution in [2.24, 2.45) is 5.41 Å². The summed E-state index contributed by atoms with van der Waals surface area (Å²) in [5, 5.41) is 9.18. The molecular weight excluding hydrogens is 332 g/mol. The molecule has 2 heterocycles. The molecule has 6 heteroatoms. The number of carbonyl (C=O) groups excluding carboxylic acids is 2. The summed E-state index contributed by atoms with van der Waals surface area (Å²) in [5.74, 6) is 0.794. The molecule has 2 aliphatic rings. The van der Waals surface area contributed by atoms with Gasteiger partial charge < -0.3 is 19.6 Å². The van der Waals surface area contributed by atoms with Gasteiger partial charge in [0.2, 0.25) is 5.91 Å². The minimum Gasteiger partial charge on any atom is -0.496 e. The number of para-hydroxylation sites is 1. The normalized spacial score (nSPS) is 19.7. The number of methoxy groups -OCH3 is 1. The predicted molar refractivity (Wildman–Crippen MR) is 98.2 cm³/mol. The Morgan fingerprint density at radius 3 is 2.65 bits per heavy atom. The Bertz CT molecular complexity index is 680. The monoisotopic (exact) mass is 360 g/mol. The van der Waals surface area contributed by atoms with Crippen LogP contribution in [0.2, 0.25) is 0 Å². The van der Waals surface area contributed by atoms with E-state index >= 15 is 0 Å². The maximum Gasteiger partial charge on any atom is 0.257 e. The van der Waals surface area contributed by atoms with Crippen LogP contribution in [-0.2, 0) is 4.79 Å². The van der Waals surface area contributed by atoms with E-state index in [0.717, 1.165) is 24.8 Å². The molecule has 1 N–H and O–H groups in total. The van der Waals surface area contributed by atoms with E-state index in [9.17, 15) is 14.7 Å². The number of aryl methyl sites for hydroxylation is 1. The number of nitrogens with zero attached hydrogens (tertiary/aromatic N) is 2. The fourth-order valence-corrected chi connectivity index (χ4v) is 4.28. The molecule has 0 aromatic heterocycles. The Morgan fingerprint density at radius 1 is 1.27 bits per heavy atom. The number of aliphatic hydroxyl groups excluding tert-OH is 1. The van der Waals surface area contributed by atoms with Gasteiger partial charge in [-0.25, -0.2) is 0 Å². The van der Waals surface area contributed by atoms with E-state index in [1.54, 1.807) is 12.0 Å². The quantitative estimate of drug-likeness (QED) is 0.889. The Balaban J connectivity index is 1.68. The van der Waals surface area contributed by atoms with Crippen molar-refractivity contribution in [3.63, 3.8) is 0 Å². The lowest BCUT2D eigenvalue weighted by molar-refractivity contribution is -0.139. The highest BCUT2D eigenvalue weighted by Gasteiger charge is 2.41. The number of rotatable bonds is 4. The first kappa shape index (κ1) is 18.7. The minimum atomic E-state index is -0.000413. The van der Waals surface area contributed by atoms with E-state index < -0.39 is 0 Å². The van der Waals surface area contributed by atoms with Gasteiger partial charge in [-0.1, -0.05) is 12.1 Å². The van der Waals surface area contributed by atoms with E-state index in [1.165, 1.54) is 0 Å². The highest BCUT2D eigenvalue weighted by atomic mass is 16.5. The van der Waals surface area contributed by atoms with Crippen molar-refractivity contribution in [1.82, 2.24) is 9.80 Å². The van der Waals surface area contributed by atoms with Crippen LogP contribution >= 0.6 is 0 Å². The van der Waals surface area contributed by atoms with Crippen molar-refractivity contribution in [2.75, 3.05) is 39.9 Å². The Morgan fingerprint density at radius 2 is 2.00 bits per heavy atom. The minimum absolute atomic E-state index is 0.000413. The number of ether oxygens (including phenoxy) is 1. The topological polar surface area (TPSA) is 70.1 Å². The van der Waals surface area contributed by atoms with E-state index in [0.29, 0.717) is 43.9 Å². The molecule has 0 unspecified atom stereocenters. The zero-order valence-corrected chi connectivity index (χ0v) is 15.7. The molecule has 0 radical (unpaired) electrons. The number of carbonyl (C=O) groups is 2. The van der Waals surface area contributed by atoms with Gasteiger partial charge >= 0.3 is 0 Å². The van der Waals surface area contributed by atoms with Crippen molar-refractivity contribution >= 4 is 11.8 Å². The number of hydrogen-bond donors (Lipinski definition) is 1. The fourth-order valence-electron chi connectivity index (χ4n) is 4.28. The summed E-state index contributed by atoms with van der Waals surface area (Å²) in [6.45, 7) is 4.43. The summed E-state index contributed by atoms with van der Waals surface area (Å²) in [6.07, 6.45) is 3.20. The number of amides is 2. The highest BCUT2D eigenvalue weighted by Crippen LogP contribution is 2.40. The Hall–Kier alpha value is -2.08. The van der Waals surface area contributed by atoms with Crippen LogP contribution in [0.5, 0.6) is 5.75 Å². The second kappa shape index (κ2) is 7.66. The molecule has 1 spiro atoms. The van der Waals surface area contributed by atoms with Gasteiger partial charge in [0, 0.05) is 32.6 Å². The summed E-state index contributed by atoms with van der Waals surface area (Å²) in [6, 6.07) is 5.65. The summed E-state index contributed by atoms with van der Waals surface area (Å²) >= 11 is 0. The number of benzene rings is 1. The zero-order valence-electron chi connectivity index (χ0n) is 15.7. The van der Waals surface area contributed by atoms with E-state index in [-0.39, 0.29) is 23.8 Å². The van der Waals surface area contributed by atoms with Crippen molar-refractivity contribution in [3.8, 4) is 5.75 Å². The number of likely N-dealkylation sites (tertiary alicyclic amines) is 2. The summed E-state index contributed by atoms with van der Waals surface area (Å²) < 4.78 is 5.44. The predicted octanol–water partition coefficient (Wildman–Crippen LogP) is 1.84. The molecule has 2 amide bonds. The molecule has 6 nitrogen and oxygen atoms in total. The van der Waals surface area contributed by atoms with E-state index in [4.69, 9.17) is 4.74 Å². The second-order valence-electron chi connectivity index (χ2n) is 7.49. The number of aliphatic hydroxyl groups is 1. The molecule has 142 valence electrons. The molecule has 2 fully saturated rings. The fraction of sp³-hybridized carbons (Fsp3) is 0.600. The van der Waals surface area contributed by atoms with Gasteiger partial charge in [-0.05, 0) is 43.2 Å². The van der Waals surface area contributed by atoms with Gasteiger partial charge in [0.05, 0.1) is 19.3 Å². The van der Waals surface area contributed by atoms with Crippen molar-refractivity contribution < 1.29 is 19.4 Å². The van der Waals surface area contributed by atoms with E-state index in [1.807, 2.05) is 30.0 Å². The average molecular weight is 360 g/mol. The van der Waals surface area contributed by atoms with Gasteiger partial charge in [0.25, 0.3) is 5.91 Å². The second-order valence-corrected chi connectivity index (χ2v) is 7.49. The summed E-state index contributed by atoms with van der Waals surface area (Å²) in [4.78, 5) is 28.7. The SMILES string of the molecule is COc1c(C)cccc1C(=O)N1CCC2(CCC(=O)N(CCO)C2)CC1. The lowest BCUT2D eigenvalue weighted by Gasteiger charge is -2.47. The van der Waals surface area contributed by atoms with Crippen molar-refractivity contribution in [3.05, 3.63) is 29.3 Å². The molecule has 2 aliphatic heterocycles. The van der Waals surface area contributed by atoms with Gasteiger partial charge in [-0.15, -0.1) is 0 Å². The number of hydrogen-bond acceptors (Lipinski definition) is 4. The van der Waals surface area contributed by atoms with Crippen LogP contribution in [0.15, 0.2) is 18.2 Å². The van der Waals surface area contributed by atoms with Crippen LogP contribution in [0.3, 0.4) is 0 Å².